The summed E-state index contributed by atoms with van der Waals surface area (Å²) >= 11 is 0. The van der Waals surface area contributed by atoms with Gasteiger partial charge in [0.15, 0.2) is 5.78 Å². The van der Waals surface area contributed by atoms with Crippen molar-refractivity contribution in [2.45, 2.75) is 6.42 Å². The van der Waals surface area contributed by atoms with Gasteiger partial charge in [-0.15, -0.1) is 0 Å². The molecule has 0 spiro atoms. The number of para-hydroxylation sites is 1. The monoisotopic (exact) mass is 213 g/mol. The second-order valence-electron chi connectivity index (χ2n) is 3.39. The maximum atomic E-state index is 11.8. The zero-order valence-electron chi connectivity index (χ0n) is 8.63. The van der Waals surface area contributed by atoms with Gasteiger partial charge in [-0.05, 0) is 11.6 Å². The van der Waals surface area contributed by atoms with E-state index < -0.39 is 0 Å². The minimum Gasteiger partial charge on any atom is -0.398 e. The third kappa shape index (κ3) is 2.23. The molecule has 1 aromatic heterocycles. The van der Waals surface area contributed by atoms with Crippen LogP contribution in [0.4, 0.5) is 5.69 Å². The lowest BCUT2D eigenvalue weighted by Crippen LogP contribution is -2.07. The lowest BCUT2D eigenvalue weighted by atomic mass is 10.1. The summed E-state index contributed by atoms with van der Waals surface area (Å²) in [5, 5.41) is 0. The van der Waals surface area contributed by atoms with Crippen molar-refractivity contribution in [2.75, 3.05) is 5.73 Å². The van der Waals surface area contributed by atoms with E-state index in [-0.39, 0.29) is 12.2 Å². The summed E-state index contributed by atoms with van der Waals surface area (Å²) in [5.41, 5.74) is 7.57. The Morgan fingerprint density at radius 3 is 2.75 bits per heavy atom. The highest BCUT2D eigenvalue weighted by Crippen LogP contribution is 2.12. The SMILES string of the molecule is Nc1ccccc1CC(=O)c1cnccn1. The van der Waals surface area contributed by atoms with E-state index in [1.54, 1.807) is 6.07 Å². The molecule has 0 radical (unpaired) electrons. The molecule has 1 heterocycles. The van der Waals surface area contributed by atoms with Crippen molar-refractivity contribution in [3.05, 3.63) is 54.1 Å². The number of benzene rings is 1. The maximum absolute atomic E-state index is 11.8. The molecule has 16 heavy (non-hydrogen) atoms. The third-order valence-electron chi connectivity index (χ3n) is 2.25. The van der Waals surface area contributed by atoms with E-state index in [1.165, 1.54) is 18.6 Å². The van der Waals surface area contributed by atoms with Crippen LogP contribution in [0.1, 0.15) is 16.1 Å². The van der Waals surface area contributed by atoms with Crippen LogP contribution in [-0.2, 0) is 6.42 Å². The Kier molecular flexibility index (Phi) is 2.91. The van der Waals surface area contributed by atoms with E-state index >= 15 is 0 Å². The van der Waals surface area contributed by atoms with Gasteiger partial charge in [0.05, 0.1) is 6.20 Å². The van der Waals surface area contributed by atoms with Gasteiger partial charge in [0, 0.05) is 24.5 Å². The topological polar surface area (TPSA) is 68.9 Å². The zero-order valence-corrected chi connectivity index (χ0v) is 8.63. The number of nitrogen functional groups attached to an aromatic ring is 1. The molecule has 2 N–H and O–H groups in total. The average Bonchev–Trinajstić information content (AvgIpc) is 2.33. The van der Waals surface area contributed by atoms with Gasteiger partial charge in [0.2, 0.25) is 0 Å². The van der Waals surface area contributed by atoms with Crippen molar-refractivity contribution < 1.29 is 4.79 Å². The number of nitrogens with zero attached hydrogens (tertiary/aromatic N) is 2. The van der Waals surface area contributed by atoms with Crippen LogP contribution in [0.2, 0.25) is 0 Å². The molecule has 80 valence electrons. The largest absolute Gasteiger partial charge is 0.398 e. The molecular formula is C12H11N3O. The van der Waals surface area contributed by atoms with Gasteiger partial charge in [-0.2, -0.15) is 0 Å². The highest BCUT2D eigenvalue weighted by atomic mass is 16.1. The number of rotatable bonds is 3. The first kappa shape index (κ1) is 10.3. The minimum atomic E-state index is -0.0778. The second-order valence-corrected chi connectivity index (χ2v) is 3.39. The summed E-state index contributed by atoms with van der Waals surface area (Å²) in [4.78, 5) is 19.6. The first-order chi connectivity index (χ1) is 7.77. The van der Waals surface area contributed by atoms with E-state index in [1.807, 2.05) is 18.2 Å². The van der Waals surface area contributed by atoms with Crippen LogP contribution in [0.25, 0.3) is 0 Å². The molecule has 0 aliphatic heterocycles. The Balaban J connectivity index is 2.18. The van der Waals surface area contributed by atoms with Gasteiger partial charge in [0.25, 0.3) is 0 Å². The van der Waals surface area contributed by atoms with Gasteiger partial charge < -0.3 is 5.73 Å². The van der Waals surface area contributed by atoms with Crippen molar-refractivity contribution in [3.8, 4) is 0 Å². The smallest absolute Gasteiger partial charge is 0.187 e. The average molecular weight is 213 g/mol. The number of ketones is 1. The van der Waals surface area contributed by atoms with E-state index in [9.17, 15) is 4.79 Å². The molecule has 0 aliphatic rings. The molecule has 0 atom stereocenters. The van der Waals surface area contributed by atoms with Crippen molar-refractivity contribution >= 4 is 11.5 Å². The predicted octanol–water partition coefficient (Wildman–Crippen LogP) is 1.48. The lowest BCUT2D eigenvalue weighted by molar-refractivity contribution is 0.0988. The third-order valence-corrected chi connectivity index (χ3v) is 2.25. The van der Waals surface area contributed by atoms with Crippen LogP contribution in [0.5, 0.6) is 0 Å². The Labute approximate surface area is 93.2 Å². The van der Waals surface area contributed by atoms with Crippen LogP contribution >= 0.6 is 0 Å². The molecule has 2 rings (SSSR count). The molecule has 0 unspecified atom stereocenters. The van der Waals surface area contributed by atoms with Crippen molar-refractivity contribution in [3.63, 3.8) is 0 Å². The molecule has 0 bridgehead atoms. The first-order valence-electron chi connectivity index (χ1n) is 4.90. The fourth-order valence-electron chi connectivity index (χ4n) is 1.40. The summed E-state index contributed by atoms with van der Waals surface area (Å²) in [6.45, 7) is 0. The fourth-order valence-corrected chi connectivity index (χ4v) is 1.40. The van der Waals surface area contributed by atoms with E-state index in [0.717, 1.165) is 5.56 Å². The summed E-state index contributed by atoms with van der Waals surface area (Å²) in [6.07, 6.45) is 4.75. The fraction of sp³-hybridized carbons (Fsp3) is 0.0833. The zero-order chi connectivity index (χ0) is 11.4. The van der Waals surface area contributed by atoms with Crippen LogP contribution in [-0.4, -0.2) is 15.8 Å². The molecule has 0 fully saturated rings. The van der Waals surface area contributed by atoms with Crippen LogP contribution < -0.4 is 5.73 Å². The predicted molar refractivity (Wildman–Crippen MR) is 60.9 cm³/mol. The molecule has 0 amide bonds. The van der Waals surface area contributed by atoms with Crippen molar-refractivity contribution in [1.29, 1.82) is 0 Å². The maximum Gasteiger partial charge on any atom is 0.187 e. The number of hydrogen-bond acceptors (Lipinski definition) is 4. The van der Waals surface area contributed by atoms with Crippen molar-refractivity contribution in [2.24, 2.45) is 0 Å². The second kappa shape index (κ2) is 4.53. The summed E-state index contributed by atoms with van der Waals surface area (Å²) < 4.78 is 0. The highest BCUT2D eigenvalue weighted by molar-refractivity contribution is 5.96. The lowest BCUT2D eigenvalue weighted by Gasteiger charge is -2.03. The van der Waals surface area contributed by atoms with Gasteiger partial charge >= 0.3 is 0 Å². The normalized spacial score (nSPS) is 10.0. The highest BCUT2D eigenvalue weighted by Gasteiger charge is 2.09. The Morgan fingerprint density at radius 2 is 2.06 bits per heavy atom. The summed E-state index contributed by atoms with van der Waals surface area (Å²) in [6, 6.07) is 7.31. The Morgan fingerprint density at radius 1 is 1.25 bits per heavy atom. The van der Waals surface area contributed by atoms with Gasteiger partial charge in [-0.25, -0.2) is 4.98 Å². The summed E-state index contributed by atoms with van der Waals surface area (Å²) in [7, 11) is 0. The molecule has 1 aromatic carbocycles. The number of carbonyl (C=O) groups is 1. The van der Waals surface area contributed by atoms with E-state index in [0.29, 0.717) is 11.4 Å². The van der Waals surface area contributed by atoms with Gasteiger partial charge in [-0.1, -0.05) is 18.2 Å². The summed E-state index contributed by atoms with van der Waals surface area (Å²) in [5.74, 6) is -0.0778. The van der Waals surface area contributed by atoms with Gasteiger partial charge in [-0.3, -0.25) is 9.78 Å². The van der Waals surface area contributed by atoms with Gasteiger partial charge in [0.1, 0.15) is 5.69 Å². The van der Waals surface area contributed by atoms with Crippen LogP contribution in [0, 0.1) is 0 Å². The van der Waals surface area contributed by atoms with Crippen molar-refractivity contribution in [1.82, 2.24) is 9.97 Å². The first-order valence-corrected chi connectivity index (χ1v) is 4.90. The number of aromatic nitrogens is 2. The molecule has 0 aliphatic carbocycles. The number of hydrogen-bond donors (Lipinski definition) is 1. The molecule has 4 heteroatoms. The van der Waals surface area contributed by atoms with E-state index in [2.05, 4.69) is 9.97 Å². The molecular weight excluding hydrogens is 202 g/mol. The number of Topliss-reactive ketones (excluding diaryl/α,β-unsaturated/α-hetero) is 1. The Bertz CT molecular complexity index is 497. The quantitative estimate of drug-likeness (QED) is 0.619. The molecule has 0 saturated carbocycles. The van der Waals surface area contributed by atoms with Crippen LogP contribution in [0.15, 0.2) is 42.9 Å². The standard InChI is InChI=1S/C12H11N3O/c13-10-4-2-1-3-9(10)7-12(16)11-8-14-5-6-15-11/h1-6,8H,7,13H2. The number of anilines is 1. The molecule has 4 nitrogen and oxygen atoms in total. The number of nitrogens with two attached hydrogens (primary N) is 1. The molecule has 2 aromatic rings. The minimum absolute atomic E-state index is 0.0778. The number of carbonyl (C=O) groups excluding carboxylic acids is 1. The van der Waals surface area contributed by atoms with Crippen LogP contribution in [0.3, 0.4) is 0 Å². The van der Waals surface area contributed by atoms with E-state index in [4.69, 9.17) is 5.73 Å². The Hall–Kier alpha value is -2.23. The molecule has 0 saturated heterocycles.